The van der Waals surface area contributed by atoms with Gasteiger partial charge in [0.25, 0.3) is 0 Å². The molecule has 0 fully saturated rings. The van der Waals surface area contributed by atoms with Gasteiger partial charge in [-0.1, -0.05) is 12.1 Å². The van der Waals surface area contributed by atoms with Crippen molar-refractivity contribution in [3.63, 3.8) is 0 Å². The highest BCUT2D eigenvalue weighted by atomic mass is 32.3. The summed E-state index contributed by atoms with van der Waals surface area (Å²) in [5.74, 6) is -2.26. The molecule has 1 rings (SSSR count). The molecule has 0 heterocycles. The Kier molecular flexibility index (Phi) is 2.85. The molecule has 0 saturated heterocycles. The third-order valence-corrected chi connectivity index (χ3v) is 2.08. The van der Waals surface area contributed by atoms with Crippen LogP contribution in [0.4, 0.5) is 3.89 Å². The Morgan fingerprint density at radius 3 is 2.57 bits per heavy atom. The smallest absolute Gasteiger partial charge is 0.309 e. The van der Waals surface area contributed by atoms with Crippen LogP contribution in [0.5, 0.6) is 5.75 Å². The Hall–Kier alpha value is -1.43. The Bertz CT molecular complexity index is 452. The molecule has 14 heavy (non-hydrogen) atoms. The first-order chi connectivity index (χ1) is 6.38. The molecule has 4 nitrogen and oxygen atoms in total. The Balaban J connectivity index is 2.91. The first-order valence-corrected chi connectivity index (χ1v) is 5.18. The lowest BCUT2D eigenvalue weighted by molar-refractivity contribution is 0.102. The zero-order valence-electron chi connectivity index (χ0n) is 6.97. The van der Waals surface area contributed by atoms with E-state index in [0.29, 0.717) is 0 Å². The topological polar surface area (TPSA) is 71.4 Å². The van der Waals surface area contributed by atoms with E-state index < -0.39 is 21.8 Å². The van der Waals surface area contributed by atoms with Crippen LogP contribution in [0, 0.1) is 0 Å². The minimum atomic E-state index is -4.82. The summed E-state index contributed by atoms with van der Waals surface area (Å²) in [7, 11) is -4.82. The maximum absolute atomic E-state index is 12.1. The molecule has 0 amide bonds. The average Bonchev–Trinajstić information content (AvgIpc) is 2.01. The van der Waals surface area contributed by atoms with Gasteiger partial charge in [0.1, 0.15) is 11.5 Å². The van der Waals surface area contributed by atoms with Gasteiger partial charge in [0.15, 0.2) is 5.78 Å². The van der Waals surface area contributed by atoms with Gasteiger partial charge in [-0.15, -0.1) is 3.89 Å². The van der Waals surface area contributed by atoms with Gasteiger partial charge in [0.2, 0.25) is 0 Å². The van der Waals surface area contributed by atoms with E-state index in [1.807, 2.05) is 0 Å². The van der Waals surface area contributed by atoms with Crippen molar-refractivity contribution < 1.29 is 22.2 Å². The van der Waals surface area contributed by atoms with Gasteiger partial charge in [-0.25, -0.2) is 0 Å². The van der Waals surface area contributed by atoms with Crippen molar-refractivity contribution in [2.24, 2.45) is 0 Å². The van der Waals surface area contributed by atoms with Crippen LogP contribution in [-0.4, -0.2) is 25.1 Å². The van der Waals surface area contributed by atoms with Crippen molar-refractivity contribution in [3.8, 4) is 5.75 Å². The zero-order chi connectivity index (χ0) is 10.8. The summed E-state index contributed by atoms with van der Waals surface area (Å²) in [5.41, 5.74) is -0.0359. The van der Waals surface area contributed by atoms with E-state index in [1.165, 1.54) is 18.2 Å². The number of carbonyl (C=O) groups excluding carboxylic acids is 1. The highest BCUT2D eigenvalue weighted by Crippen LogP contribution is 2.12. The van der Waals surface area contributed by atoms with Crippen molar-refractivity contribution in [1.29, 1.82) is 0 Å². The molecule has 0 spiro atoms. The van der Waals surface area contributed by atoms with Crippen molar-refractivity contribution in [2.45, 2.75) is 0 Å². The highest BCUT2D eigenvalue weighted by Gasteiger charge is 2.16. The predicted molar refractivity (Wildman–Crippen MR) is 47.3 cm³/mol. The molecule has 1 N–H and O–H groups in total. The molecule has 0 aliphatic heterocycles. The summed E-state index contributed by atoms with van der Waals surface area (Å²) in [6.07, 6.45) is 0. The van der Waals surface area contributed by atoms with Crippen LogP contribution in [0.3, 0.4) is 0 Å². The molecule has 0 saturated carbocycles. The van der Waals surface area contributed by atoms with Crippen molar-refractivity contribution in [2.75, 3.05) is 5.75 Å². The van der Waals surface area contributed by atoms with Gasteiger partial charge >= 0.3 is 10.2 Å². The summed E-state index contributed by atoms with van der Waals surface area (Å²) in [5, 5.41) is 8.96. The summed E-state index contributed by atoms with van der Waals surface area (Å²) in [4.78, 5) is 11.1. The van der Waals surface area contributed by atoms with Gasteiger partial charge in [-0.05, 0) is 12.1 Å². The third-order valence-electron chi connectivity index (χ3n) is 1.47. The van der Waals surface area contributed by atoms with Crippen LogP contribution < -0.4 is 0 Å². The van der Waals surface area contributed by atoms with Gasteiger partial charge in [-0.3, -0.25) is 4.79 Å². The number of aromatic hydroxyl groups is 1. The Morgan fingerprint density at radius 1 is 1.43 bits per heavy atom. The molecule has 0 aliphatic carbocycles. The molecular formula is C8H7FO4S. The van der Waals surface area contributed by atoms with E-state index in [0.717, 1.165) is 6.07 Å². The van der Waals surface area contributed by atoms with Crippen molar-refractivity contribution in [3.05, 3.63) is 29.8 Å². The number of rotatable bonds is 3. The van der Waals surface area contributed by atoms with Crippen LogP contribution in [0.15, 0.2) is 24.3 Å². The lowest BCUT2D eigenvalue weighted by Crippen LogP contribution is -2.11. The van der Waals surface area contributed by atoms with Gasteiger partial charge in [0.05, 0.1) is 0 Å². The van der Waals surface area contributed by atoms with Gasteiger partial charge in [0, 0.05) is 5.56 Å². The molecule has 0 radical (unpaired) electrons. The maximum atomic E-state index is 12.1. The molecule has 0 atom stereocenters. The standard InChI is InChI=1S/C8H7FO4S/c9-14(12,13)5-8(11)6-2-1-3-7(10)4-6/h1-4,10H,5H2. The number of carbonyl (C=O) groups is 1. The third kappa shape index (κ3) is 3.14. The summed E-state index contributed by atoms with van der Waals surface area (Å²) in [6, 6.07) is 5.06. The largest absolute Gasteiger partial charge is 0.508 e. The highest BCUT2D eigenvalue weighted by molar-refractivity contribution is 7.87. The summed E-state index contributed by atoms with van der Waals surface area (Å²) < 4.78 is 32.4. The van der Waals surface area contributed by atoms with Crippen LogP contribution in [-0.2, 0) is 10.2 Å². The van der Waals surface area contributed by atoms with Crippen molar-refractivity contribution in [1.82, 2.24) is 0 Å². The Labute approximate surface area is 80.2 Å². The first kappa shape index (κ1) is 10.6. The first-order valence-electron chi connectivity index (χ1n) is 3.63. The fraction of sp³-hybridized carbons (Fsp3) is 0.125. The maximum Gasteiger partial charge on any atom is 0.309 e. The summed E-state index contributed by atoms with van der Waals surface area (Å²) in [6.45, 7) is 0. The minimum absolute atomic E-state index is 0.0359. The molecule has 0 aliphatic rings. The number of ketones is 1. The van der Waals surface area contributed by atoms with Gasteiger partial charge in [-0.2, -0.15) is 8.42 Å². The molecule has 1 aromatic rings. The second-order valence-corrected chi connectivity index (χ2v) is 4.02. The van der Waals surface area contributed by atoms with Crippen LogP contribution in [0.25, 0.3) is 0 Å². The molecule has 76 valence electrons. The number of phenols is 1. The predicted octanol–water partition coefficient (Wildman–Crippen LogP) is 0.874. The lowest BCUT2D eigenvalue weighted by Gasteiger charge is -1.98. The fourth-order valence-corrected chi connectivity index (χ4v) is 1.40. The number of Topliss-reactive ketones (excluding diaryl/α,β-unsaturated/α-hetero) is 1. The van der Waals surface area contributed by atoms with E-state index in [4.69, 9.17) is 5.11 Å². The van der Waals surface area contributed by atoms with Crippen LogP contribution in [0.1, 0.15) is 10.4 Å². The molecule has 6 heteroatoms. The Morgan fingerprint density at radius 2 is 2.07 bits per heavy atom. The average molecular weight is 218 g/mol. The molecule has 1 aromatic carbocycles. The second kappa shape index (κ2) is 3.75. The number of hydrogen-bond acceptors (Lipinski definition) is 4. The summed E-state index contributed by atoms with van der Waals surface area (Å²) >= 11 is 0. The monoisotopic (exact) mass is 218 g/mol. The van der Waals surface area contributed by atoms with Crippen molar-refractivity contribution >= 4 is 16.0 Å². The normalized spacial score (nSPS) is 11.2. The quantitative estimate of drug-likeness (QED) is 0.603. The number of benzene rings is 1. The van der Waals surface area contributed by atoms with E-state index in [1.54, 1.807) is 0 Å². The molecule has 0 unspecified atom stereocenters. The molecular weight excluding hydrogens is 211 g/mol. The zero-order valence-corrected chi connectivity index (χ0v) is 7.79. The van der Waals surface area contributed by atoms with E-state index >= 15 is 0 Å². The number of phenolic OH excluding ortho intramolecular Hbond substituents is 1. The minimum Gasteiger partial charge on any atom is -0.508 e. The van der Waals surface area contributed by atoms with E-state index in [9.17, 15) is 17.1 Å². The van der Waals surface area contributed by atoms with Crippen LogP contribution >= 0.6 is 0 Å². The molecule has 0 bridgehead atoms. The van der Waals surface area contributed by atoms with E-state index in [-0.39, 0.29) is 11.3 Å². The fourth-order valence-electron chi connectivity index (χ4n) is 0.919. The van der Waals surface area contributed by atoms with Gasteiger partial charge < -0.3 is 5.11 Å². The SMILES string of the molecule is O=C(CS(=O)(=O)F)c1cccc(O)c1. The second-order valence-electron chi connectivity index (χ2n) is 2.66. The van der Waals surface area contributed by atoms with E-state index in [2.05, 4.69) is 0 Å². The van der Waals surface area contributed by atoms with Crippen LogP contribution in [0.2, 0.25) is 0 Å². The lowest BCUT2D eigenvalue weighted by atomic mass is 10.1. The number of halogens is 1. The molecule has 0 aromatic heterocycles. The number of hydrogen-bond donors (Lipinski definition) is 1.